The fraction of sp³-hybridized carbons (Fsp3) is 0.533. The summed E-state index contributed by atoms with van der Waals surface area (Å²) >= 11 is 0. The molecule has 3 nitrogen and oxygen atoms in total. The van der Waals surface area contributed by atoms with Crippen LogP contribution in [0.25, 0.3) is 0 Å². The maximum atomic E-state index is 8.77. The molecule has 1 saturated heterocycles. The molecule has 1 aromatic rings. The van der Waals surface area contributed by atoms with Crippen LogP contribution in [-0.2, 0) is 16.6 Å². The van der Waals surface area contributed by atoms with Gasteiger partial charge in [-0.25, -0.2) is 0 Å². The van der Waals surface area contributed by atoms with Gasteiger partial charge in [-0.2, -0.15) is 5.26 Å². The highest BCUT2D eigenvalue weighted by atomic mass is 16.5. The lowest BCUT2D eigenvalue weighted by atomic mass is 9.74. The van der Waals surface area contributed by atoms with Crippen LogP contribution in [0.4, 0.5) is 0 Å². The van der Waals surface area contributed by atoms with E-state index in [-0.39, 0.29) is 5.41 Å². The first-order valence-electron chi connectivity index (χ1n) is 6.38. The van der Waals surface area contributed by atoms with Gasteiger partial charge in [0.05, 0.1) is 26.4 Å². The van der Waals surface area contributed by atoms with Crippen LogP contribution in [0.3, 0.4) is 0 Å². The lowest BCUT2D eigenvalue weighted by Gasteiger charge is -2.42. The van der Waals surface area contributed by atoms with Crippen LogP contribution in [0.2, 0.25) is 0 Å². The third-order valence-corrected chi connectivity index (χ3v) is 3.75. The molecule has 0 saturated carbocycles. The van der Waals surface area contributed by atoms with Gasteiger partial charge in [0, 0.05) is 11.8 Å². The first-order chi connectivity index (χ1) is 8.75. The number of benzene rings is 1. The summed E-state index contributed by atoms with van der Waals surface area (Å²) in [5, 5.41) is 8.77. The number of nitriles is 1. The van der Waals surface area contributed by atoms with E-state index in [1.54, 1.807) is 7.11 Å². The molecule has 1 aromatic carbocycles. The van der Waals surface area contributed by atoms with Crippen molar-refractivity contribution in [3.63, 3.8) is 0 Å². The zero-order valence-corrected chi connectivity index (χ0v) is 11.0. The number of hydrogen-bond acceptors (Lipinski definition) is 3. The molecule has 0 radical (unpaired) electrons. The number of rotatable bonds is 5. The van der Waals surface area contributed by atoms with Gasteiger partial charge in [0.1, 0.15) is 5.75 Å². The van der Waals surface area contributed by atoms with Gasteiger partial charge in [0.25, 0.3) is 0 Å². The SMILES string of the molecule is CCc1cc(C2(CCC#N)COC2)ccc1OC. The Morgan fingerprint density at radius 1 is 1.44 bits per heavy atom. The maximum Gasteiger partial charge on any atom is 0.122 e. The molecule has 2 rings (SSSR count). The zero-order chi connectivity index (χ0) is 13.0. The molecule has 1 aliphatic heterocycles. The van der Waals surface area contributed by atoms with E-state index in [1.165, 1.54) is 11.1 Å². The Morgan fingerprint density at radius 2 is 2.22 bits per heavy atom. The molecule has 0 spiro atoms. The quantitative estimate of drug-likeness (QED) is 0.801. The molecule has 96 valence electrons. The van der Waals surface area contributed by atoms with E-state index in [0.29, 0.717) is 6.42 Å². The van der Waals surface area contributed by atoms with Crippen molar-refractivity contribution in [1.29, 1.82) is 5.26 Å². The molecule has 1 fully saturated rings. The summed E-state index contributed by atoms with van der Waals surface area (Å²) < 4.78 is 10.7. The van der Waals surface area contributed by atoms with Crippen molar-refractivity contribution in [1.82, 2.24) is 0 Å². The maximum absolute atomic E-state index is 8.77. The number of nitrogens with zero attached hydrogens (tertiary/aromatic N) is 1. The molecule has 1 aliphatic rings. The van der Waals surface area contributed by atoms with Crippen molar-refractivity contribution in [2.24, 2.45) is 0 Å². The van der Waals surface area contributed by atoms with E-state index >= 15 is 0 Å². The van der Waals surface area contributed by atoms with E-state index in [2.05, 4.69) is 25.1 Å². The van der Waals surface area contributed by atoms with Crippen LogP contribution in [0.5, 0.6) is 5.75 Å². The standard InChI is InChI=1S/C15H19NO2/c1-3-12-9-13(5-6-14(12)17-2)15(7-4-8-16)10-18-11-15/h5-6,9H,3-4,7,10-11H2,1-2H3. The van der Waals surface area contributed by atoms with Crippen molar-refractivity contribution in [3.8, 4) is 11.8 Å². The van der Waals surface area contributed by atoms with Gasteiger partial charge >= 0.3 is 0 Å². The first-order valence-corrected chi connectivity index (χ1v) is 6.38. The fourth-order valence-corrected chi connectivity index (χ4v) is 2.48. The third kappa shape index (κ3) is 2.21. The minimum atomic E-state index is 0.0475. The fourth-order valence-electron chi connectivity index (χ4n) is 2.48. The molecular weight excluding hydrogens is 226 g/mol. The molecular formula is C15H19NO2. The van der Waals surface area contributed by atoms with Crippen LogP contribution in [0.1, 0.15) is 30.9 Å². The molecule has 1 heterocycles. The number of aryl methyl sites for hydroxylation is 1. The lowest BCUT2D eigenvalue weighted by Crippen LogP contribution is -2.46. The van der Waals surface area contributed by atoms with Crippen molar-refractivity contribution >= 4 is 0 Å². The Bertz CT molecular complexity index is 458. The predicted octanol–water partition coefficient (Wildman–Crippen LogP) is 2.83. The van der Waals surface area contributed by atoms with Gasteiger partial charge in [-0.1, -0.05) is 19.1 Å². The van der Waals surface area contributed by atoms with Crippen LogP contribution in [-0.4, -0.2) is 20.3 Å². The molecule has 0 N–H and O–H groups in total. The Morgan fingerprint density at radius 3 is 2.72 bits per heavy atom. The molecule has 18 heavy (non-hydrogen) atoms. The minimum absolute atomic E-state index is 0.0475. The second kappa shape index (κ2) is 5.41. The second-order valence-corrected chi connectivity index (χ2v) is 4.81. The minimum Gasteiger partial charge on any atom is -0.496 e. The monoisotopic (exact) mass is 245 g/mol. The highest BCUT2D eigenvalue weighted by Gasteiger charge is 2.40. The predicted molar refractivity (Wildman–Crippen MR) is 69.7 cm³/mol. The van der Waals surface area contributed by atoms with Gasteiger partial charge < -0.3 is 9.47 Å². The van der Waals surface area contributed by atoms with E-state index in [4.69, 9.17) is 14.7 Å². The summed E-state index contributed by atoms with van der Waals surface area (Å²) in [6, 6.07) is 8.58. The number of methoxy groups -OCH3 is 1. The molecule has 3 heteroatoms. The number of hydrogen-bond donors (Lipinski definition) is 0. The van der Waals surface area contributed by atoms with Gasteiger partial charge in [-0.05, 0) is 30.0 Å². The van der Waals surface area contributed by atoms with Gasteiger partial charge in [-0.15, -0.1) is 0 Å². The highest BCUT2D eigenvalue weighted by Crippen LogP contribution is 2.38. The van der Waals surface area contributed by atoms with Crippen LogP contribution in [0, 0.1) is 11.3 Å². The van der Waals surface area contributed by atoms with E-state index in [1.807, 2.05) is 6.07 Å². The summed E-state index contributed by atoms with van der Waals surface area (Å²) in [5.41, 5.74) is 2.55. The smallest absolute Gasteiger partial charge is 0.122 e. The van der Waals surface area contributed by atoms with E-state index in [0.717, 1.165) is 31.8 Å². The Hall–Kier alpha value is -1.53. The molecule has 0 atom stereocenters. The molecule has 0 aliphatic carbocycles. The van der Waals surface area contributed by atoms with Crippen LogP contribution < -0.4 is 4.74 Å². The van der Waals surface area contributed by atoms with Crippen molar-refractivity contribution < 1.29 is 9.47 Å². The van der Waals surface area contributed by atoms with Crippen molar-refractivity contribution in [3.05, 3.63) is 29.3 Å². The van der Waals surface area contributed by atoms with E-state index in [9.17, 15) is 0 Å². The highest BCUT2D eigenvalue weighted by molar-refractivity contribution is 5.41. The largest absolute Gasteiger partial charge is 0.496 e. The van der Waals surface area contributed by atoms with Crippen molar-refractivity contribution in [2.45, 2.75) is 31.6 Å². The average molecular weight is 245 g/mol. The molecule has 0 amide bonds. The topological polar surface area (TPSA) is 42.2 Å². The summed E-state index contributed by atoms with van der Waals surface area (Å²) in [6.07, 6.45) is 2.40. The normalized spacial score (nSPS) is 16.7. The molecule has 0 unspecified atom stereocenters. The average Bonchev–Trinajstić information content (AvgIpc) is 2.37. The first kappa shape index (κ1) is 12.9. The summed E-state index contributed by atoms with van der Waals surface area (Å²) in [4.78, 5) is 0. The Kier molecular flexibility index (Phi) is 3.88. The van der Waals surface area contributed by atoms with E-state index < -0.39 is 0 Å². The third-order valence-electron chi connectivity index (χ3n) is 3.75. The van der Waals surface area contributed by atoms with Crippen molar-refractivity contribution in [2.75, 3.05) is 20.3 Å². The van der Waals surface area contributed by atoms with Gasteiger partial charge in [0.15, 0.2) is 0 Å². The summed E-state index contributed by atoms with van der Waals surface area (Å²) in [6.45, 7) is 3.58. The molecule has 0 aromatic heterocycles. The van der Waals surface area contributed by atoms with Gasteiger partial charge in [-0.3, -0.25) is 0 Å². The Labute approximate surface area is 108 Å². The van der Waals surface area contributed by atoms with Gasteiger partial charge in [0.2, 0.25) is 0 Å². The number of ether oxygens (including phenoxy) is 2. The van der Waals surface area contributed by atoms with Crippen LogP contribution >= 0.6 is 0 Å². The lowest BCUT2D eigenvalue weighted by molar-refractivity contribution is -0.0637. The summed E-state index contributed by atoms with van der Waals surface area (Å²) in [7, 11) is 1.70. The Balaban J connectivity index is 2.29. The summed E-state index contributed by atoms with van der Waals surface area (Å²) in [5.74, 6) is 0.942. The van der Waals surface area contributed by atoms with Crippen LogP contribution in [0.15, 0.2) is 18.2 Å². The zero-order valence-electron chi connectivity index (χ0n) is 11.0. The molecule has 0 bridgehead atoms. The second-order valence-electron chi connectivity index (χ2n) is 4.81.